The Morgan fingerprint density at radius 1 is 0.828 bits per heavy atom. The lowest BCUT2D eigenvalue weighted by atomic mass is 10.1. The van der Waals surface area contributed by atoms with Crippen LogP contribution in [0.15, 0.2) is 54.6 Å². The summed E-state index contributed by atoms with van der Waals surface area (Å²) in [6, 6.07) is 17.1. The number of alkyl halides is 1. The van der Waals surface area contributed by atoms with Crippen LogP contribution in [-0.4, -0.2) is 18.0 Å². The van der Waals surface area contributed by atoms with E-state index in [1.165, 1.54) is 0 Å². The van der Waals surface area contributed by atoms with Gasteiger partial charge in [0.2, 0.25) is 0 Å². The maximum Gasteiger partial charge on any atom is 0.407 e. The van der Waals surface area contributed by atoms with Gasteiger partial charge in [-0.25, -0.2) is 4.79 Å². The number of benzene rings is 2. The summed E-state index contributed by atoms with van der Waals surface area (Å²) in [5.41, 5.74) is 2.63. The van der Waals surface area contributed by atoms with Crippen molar-refractivity contribution in [3.63, 3.8) is 0 Å². The van der Waals surface area contributed by atoms with Crippen LogP contribution in [0.2, 0.25) is 0 Å². The fourth-order valence-electron chi connectivity index (χ4n) is 1.99. The molecular formula is C25H18BrNO2. The number of carbonyl (C=O) groups is 1. The van der Waals surface area contributed by atoms with E-state index in [4.69, 9.17) is 4.74 Å². The second kappa shape index (κ2) is 13.6. The molecule has 3 nitrogen and oxygen atoms in total. The number of hydrogen-bond acceptors (Lipinski definition) is 2. The molecule has 0 unspecified atom stereocenters. The predicted octanol–water partition coefficient (Wildman–Crippen LogP) is 4.11. The molecule has 0 radical (unpaired) electrons. The predicted molar refractivity (Wildman–Crippen MR) is 119 cm³/mol. The highest BCUT2D eigenvalue weighted by Crippen LogP contribution is 2.05. The van der Waals surface area contributed by atoms with E-state index in [2.05, 4.69) is 68.6 Å². The Bertz CT molecular complexity index is 1040. The normalized spacial score (nSPS) is 8.45. The van der Waals surface area contributed by atoms with Gasteiger partial charge in [-0.2, -0.15) is 0 Å². The van der Waals surface area contributed by atoms with E-state index in [9.17, 15) is 4.79 Å². The average molecular weight is 444 g/mol. The van der Waals surface area contributed by atoms with E-state index in [1.54, 1.807) is 0 Å². The number of alkyl carbamates (subject to hydrolysis) is 1. The van der Waals surface area contributed by atoms with Gasteiger partial charge in [0, 0.05) is 23.0 Å². The summed E-state index contributed by atoms with van der Waals surface area (Å²) in [7, 11) is 0. The molecule has 29 heavy (non-hydrogen) atoms. The maximum absolute atomic E-state index is 11.5. The molecule has 0 saturated heterocycles. The monoisotopic (exact) mass is 443 g/mol. The summed E-state index contributed by atoms with van der Waals surface area (Å²) in [5.74, 6) is 22.0. The third kappa shape index (κ3) is 9.79. The second-order valence-corrected chi connectivity index (χ2v) is 6.40. The molecule has 2 aromatic carbocycles. The largest absolute Gasteiger partial charge is 0.445 e. The number of ether oxygens (including phenoxy) is 1. The van der Waals surface area contributed by atoms with Gasteiger partial charge in [0.25, 0.3) is 0 Å². The highest BCUT2D eigenvalue weighted by molar-refractivity contribution is 9.09. The molecular weight excluding hydrogens is 426 g/mol. The molecule has 4 heteroatoms. The molecule has 0 fully saturated rings. The van der Waals surface area contributed by atoms with Crippen LogP contribution in [0.25, 0.3) is 0 Å². The van der Waals surface area contributed by atoms with Gasteiger partial charge in [0.1, 0.15) is 6.61 Å². The number of rotatable bonds is 5. The molecule has 2 rings (SSSR count). The van der Waals surface area contributed by atoms with E-state index in [-0.39, 0.29) is 6.61 Å². The molecule has 0 aliphatic heterocycles. The highest BCUT2D eigenvalue weighted by Gasteiger charge is 2.01. The van der Waals surface area contributed by atoms with Gasteiger partial charge in [0.05, 0.1) is 0 Å². The number of amides is 1. The number of hydrogen-bond donors (Lipinski definition) is 1. The first-order valence-corrected chi connectivity index (χ1v) is 10.0. The minimum absolute atomic E-state index is 0.216. The summed E-state index contributed by atoms with van der Waals surface area (Å²) < 4.78 is 5.14. The van der Waals surface area contributed by atoms with E-state index in [0.717, 1.165) is 28.4 Å². The van der Waals surface area contributed by atoms with E-state index in [0.29, 0.717) is 6.54 Å². The summed E-state index contributed by atoms with van der Waals surface area (Å²) in [5, 5.41) is 3.52. The van der Waals surface area contributed by atoms with Gasteiger partial charge in [-0.3, -0.25) is 0 Å². The Hall–Kier alpha value is -3.57. The zero-order valence-electron chi connectivity index (χ0n) is 15.7. The number of nitrogens with one attached hydrogen (secondary N) is 1. The van der Waals surface area contributed by atoms with Gasteiger partial charge in [-0.05, 0) is 71.8 Å². The fourth-order valence-corrected chi connectivity index (χ4v) is 2.28. The van der Waals surface area contributed by atoms with Crippen LogP contribution in [0, 0.1) is 47.4 Å². The Balaban J connectivity index is 1.78. The summed E-state index contributed by atoms with van der Waals surface area (Å²) in [4.78, 5) is 11.5. The van der Waals surface area contributed by atoms with Crippen molar-refractivity contribution in [3.8, 4) is 47.4 Å². The van der Waals surface area contributed by atoms with Crippen LogP contribution >= 0.6 is 15.9 Å². The summed E-state index contributed by atoms with van der Waals surface area (Å²) >= 11 is 3.30. The molecule has 142 valence electrons. The highest BCUT2D eigenvalue weighted by atomic mass is 79.9. The summed E-state index contributed by atoms with van der Waals surface area (Å²) in [6.45, 7) is 0.802. The van der Waals surface area contributed by atoms with Crippen LogP contribution in [-0.2, 0) is 11.3 Å². The third-order valence-corrected chi connectivity index (χ3v) is 3.96. The Labute approximate surface area is 180 Å². The minimum atomic E-state index is -0.417. The first-order valence-electron chi connectivity index (χ1n) is 8.90. The Kier molecular flexibility index (Phi) is 10.2. The molecule has 0 heterocycles. The smallest absolute Gasteiger partial charge is 0.407 e. The topological polar surface area (TPSA) is 38.3 Å². The second-order valence-electron chi connectivity index (χ2n) is 5.61. The Morgan fingerprint density at radius 2 is 1.41 bits per heavy atom. The molecule has 0 aliphatic rings. The molecule has 0 spiro atoms. The van der Waals surface area contributed by atoms with Crippen molar-refractivity contribution in [1.82, 2.24) is 5.32 Å². The van der Waals surface area contributed by atoms with Gasteiger partial charge < -0.3 is 10.1 Å². The zero-order chi connectivity index (χ0) is 20.6. The standard InChI is InChI=1S/C25H18BrNO2/c26-19-10-20-27-25(28)29-21-24-17-15-23(16-18-24)14-7-4-2-1-3-6-11-22-12-8-5-9-13-22/h5,8-9,12-13,15-18H,10,19-21H2,(H,27,28). The van der Waals surface area contributed by atoms with Gasteiger partial charge >= 0.3 is 6.09 Å². The van der Waals surface area contributed by atoms with Crippen molar-refractivity contribution in [2.75, 3.05) is 11.9 Å². The zero-order valence-corrected chi connectivity index (χ0v) is 17.3. The van der Waals surface area contributed by atoms with Crippen LogP contribution < -0.4 is 5.32 Å². The van der Waals surface area contributed by atoms with E-state index < -0.39 is 6.09 Å². The quantitative estimate of drug-likeness (QED) is 0.429. The van der Waals surface area contributed by atoms with Gasteiger partial charge in [0.15, 0.2) is 0 Å². The molecule has 0 saturated carbocycles. The average Bonchev–Trinajstić information content (AvgIpc) is 2.76. The molecule has 1 N–H and O–H groups in total. The van der Waals surface area contributed by atoms with Crippen molar-refractivity contribution in [2.24, 2.45) is 0 Å². The van der Waals surface area contributed by atoms with Crippen LogP contribution in [0.1, 0.15) is 23.1 Å². The lowest BCUT2D eigenvalue weighted by molar-refractivity contribution is 0.139. The number of carbonyl (C=O) groups excluding carboxylic acids is 1. The third-order valence-electron chi connectivity index (χ3n) is 3.40. The van der Waals surface area contributed by atoms with E-state index in [1.807, 2.05) is 54.6 Å². The molecule has 0 atom stereocenters. The minimum Gasteiger partial charge on any atom is -0.445 e. The van der Waals surface area contributed by atoms with Crippen molar-refractivity contribution in [1.29, 1.82) is 0 Å². The first kappa shape index (κ1) is 21.7. The molecule has 0 bridgehead atoms. The molecule has 0 aromatic heterocycles. The van der Waals surface area contributed by atoms with Crippen molar-refractivity contribution >= 4 is 22.0 Å². The molecule has 2 aromatic rings. The van der Waals surface area contributed by atoms with Gasteiger partial charge in [-0.1, -0.05) is 58.1 Å². The molecule has 1 amide bonds. The SMILES string of the molecule is O=C(NCCCBr)OCc1ccc(C#CC#CC#CC#Cc2ccccc2)cc1. The number of halogens is 1. The van der Waals surface area contributed by atoms with Crippen LogP contribution in [0.3, 0.4) is 0 Å². The van der Waals surface area contributed by atoms with Crippen molar-refractivity contribution in [3.05, 3.63) is 71.3 Å². The first-order chi connectivity index (χ1) is 14.3. The fraction of sp³-hybridized carbons (Fsp3) is 0.160. The lowest BCUT2D eigenvalue weighted by Gasteiger charge is -2.06. The summed E-state index contributed by atoms with van der Waals surface area (Å²) in [6.07, 6.45) is 0.442. The van der Waals surface area contributed by atoms with Crippen LogP contribution in [0.4, 0.5) is 4.79 Å². The van der Waals surface area contributed by atoms with Gasteiger partial charge in [-0.15, -0.1) is 0 Å². The van der Waals surface area contributed by atoms with E-state index >= 15 is 0 Å². The van der Waals surface area contributed by atoms with Crippen molar-refractivity contribution < 1.29 is 9.53 Å². The van der Waals surface area contributed by atoms with Crippen molar-refractivity contribution in [2.45, 2.75) is 13.0 Å². The Morgan fingerprint density at radius 3 is 2.03 bits per heavy atom. The molecule has 0 aliphatic carbocycles. The maximum atomic E-state index is 11.5. The van der Waals surface area contributed by atoms with Crippen LogP contribution in [0.5, 0.6) is 0 Å². The lowest BCUT2D eigenvalue weighted by Crippen LogP contribution is -2.25.